The summed E-state index contributed by atoms with van der Waals surface area (Å²) in [4.78, 5) is 12.4. The monoisotopic (exact) mass is 260 g/mol. The van der Waals surface area contributed by atoms with Gasteiger partial charge in [0.25, 0.3) is 0 Å². The Balaban J connectivity index is 2.44. The van der Waals surface area contributed by atoms with E-state index in [0.29, 0.717) is 10.9 Å². The average Bonchev–Trinajstić information content (AvgIpc) is 2.84. The van der Waals surface area contributed by atoms with E-state index >= 15 is 0 Å². The molecule has 2 heterocycles. The molecule has 0 aliphatic carbocycles. The number of rotatable bonds is 1. The molecule has 90 valence electrons. The number of fused-ring (bicyclic) bond motifs is 1. The Morgan fingerprint density at radius 1 is 1.11 bits per heavy atom. The summed E-state index contributed by atoms with van der Waals surface area (Å²) in [5, 5.41) is 21.5. The van der Waals surface area contributed by atoms with Crippen LogP contribution in [0, 0.1) is 0 Å². The summed E-state index contributed by atoms with van der Waals surface area (Å²) in [6.45, 7) is 0. The highest BCUT2D eigenvalue weighted by Crippen LogP contribution is 2.36. The standard InChI is InChI=1S/C13H8O4S/c14-9-4-7-8(12-2-1-3-18-12)5-13(16)17-11(7)6-10(9)15/h1-6,14-15H. The SMILES string of the molecule is O=c1cc(-c2cccs2)c2cc(O)c(O)cc2o1. The number of aromatic hydroxyl groups is 2. The van der Waals surface area contributed by atoms with E-state index in [2.05, 4.69) is 0 Å². The number of phenols is 2. The van der Waals surface area contributed by atoms with Gasteiger partial charge in [0, 0.05) is 28.0 Å². The molecule has 5 heteroatoms. The van der Waals surface area contributed by atoms with Crippen molar-refractivity contribution in [3.63, 3.8) is 0 Å². The first-order valence-corrected chi connectivity index (χ1v) is 6.07. The van der Waals surface area contributed by atoms with Crippen LogP contribution in [-0.4, -0.2) is 10.2 Å². The molecular weight excluding hydrogens is 252 g/mol. The summed E-state index contributed by atoms with van der Waals surface area (Å²) < 4.78 is 5.01. The molecule has 0 unspecified atom stereocenters. The van der Waals surface area contributed by atoms with E-state index in [9.17, 15) is 15.0 Å². The van der Waals surface area contributed by atoms with E-state index in [-0.39, 0.29) is 17.1 Å². The molecule has 0 saturated carbocycles. The van der Waals surface area contributed by atoms with Gasteiger partial charge in [-0.2, -0.15) is 0 Å². The maximum absolute atomic E-state index is 11.5. The molecule has 3 aromatic rings. The van der Waals surface area contributed by atoms with Gasteiger partial charge in [0.1, 0.15) is 5.58 Å². The van der Waals surface area contributed by atoms with Crippen LogP contribution in [0.4, 0.5) is 0 Å². The summed E-state index contributed by atoms with van der Waals surface area (Å²) in [7, 11) is 0. The maximum Gasteiger partial charge on any atom is 0.336 e. The average molecular weight is 260 g/mol. The van der Waals surface area contributed by atoms with E-state index in [1.54, 1.807) is 0 Å². The van der Waals surface area contributed by atoms with Crippen LogP contribution in [0.25, 0.3) is 21.4 Å². The lowest BCUT2D eigenvalue weighted by molar-refractivity contribution is 0.403. The predicted molar refractivity (Wildman–Crippen MR) is 69.1 cm³/mol. The van der Waals surface area contributed by atoms with Gasteiger partial charge in [0.2, 0.25) is 0 Å². The molecule has 0 aliphatic heterocycles. The molecule has 1 aromatic carbocycles. The first-order chi connectivity index (χ1) is 8.65. The van der Waals surface area contributed by atoms with Crippen LogP contribution < -0.4 is 5.63 Å². The minimum Gasteiger partial charge on any atom is -0.504 e. The lowest BCUT2D eigenvalue weighted by Gasteiger charge is -2.05. The minimum atomic E-state index is -0.490. The van der Waals surface area contributed by atoms with Crippen LogP contribution in [0.2, 0.25) is 0 Å². The summed E-state index contributed by atoms with van der Waals surface area (Å²) >= 11 is 1.48. The fourth-order valence-electron chi connectivity index (χ4n) is 1.82. The third-order valence-electron chi connectivity index (χ3n) is 2.63. The fourth-order valence-corrected chi connectivity index (χ4v) is 2.58. The van der Waals surface area contributed by atoms with Crippen molar-refractivity contribution in [2.24, 2.45) is 0 Å². The third kappa shape index (κ3) is 1.65. The fraction of sp³-hybridized carbons (Fsp3) is 0. The molecule has 0 fully saturated rings. The second kappa shape index (κ2) is 3.89. The number of benzene rings is 1. The van der Waals surface area contributed by atoms with Crippen molar-refractivity contribution in [1.29, 1.82) is 0 Å². The van der Waals surface area contributed by atoms with E-state index in [0.717, 1.165) is 4.88 Å². The largest absolute Gasteiger partial charge is 0.504 e. The molecule has 2 aromatic heterocycles. The van der Waals surface area contributed by atoms with Crippen LogP contribution in [-0.2, 0) is 0 Å². The summed E-state index contributed by atoms with van der Waals surface area (Å²) in [6, 6.07) is 7.76. The van der Waals surface area contributed by atoms with Gasteiger partial charge in [-0.15, -0.1) is 11.3 Å². The van der Waals surface area contributed by atoms with Gasteiger partial charge in [0.05, 0.1) is 0 Å². The van der Waals surface area contributed by atoms with Gasteiger partial charge < -0.3 is 14.6 Å². The lowest BCUT2D eigenvalue weighted by atomic mass is 10.1. The van der Waals surface area contributed by atoms with Crippen molar-refractivity contribution in [1.82, 2.24) is 0 Å². The molecule has 0 atom stereocenters. The Bertz CT molecular complexity index is 772. The Kier molecular flexibility index (Phi) is 2.34. The maximum atomic E-state index is 11.5. The van der Waals surface area contributed by atoms with E-state index in [4.69, 9.17) is 4.42 Å². The molecule has 0 spiro atoms. The molecule has 0 bridgehead atoms. The van der Waals surface area contributed by atoms with Crippen LogP contribution in [0.5, 0.6) is 11.5 Å². The first-order valence-electron chi connectivity index (χ1n) is 5.19. The quantitative estimate of drug-likeness (QED) is 0.521. The lowest BCUT2D eigenvalue weighted by Crippen LogP contribution is -1.97. The van der Waals surface area contributed by atoms with Gasteiger partial charge in [-0.25, -0.2) is 4.79 Å². The van der Waals surface area contributed by atoms with Crippen molar-refractivity contribution in [2.45, 2.75) is 0 Å². The number of hydrogen-bond acceptors (Lipinski definition) is 5. The Morgan fingerprint density at radius 2 is 1.89 bits per heavy atom. The minimum absolute atomic E-state index is 0.242. The van der Waals surface area contributed by atoms with E-state index in [1.165, 1.54) is 29.5 Å². The zero-order valence-electron chi connectivity index (χ0n) is 9.08. The third-order valence-corrected chi connectivity index (χ3v) is 3.53. The number of hydrogen-bond donors (Lipinski definition) is 2. The molecule has 0 saturated heterocycles. The highest BCUT2D eigenvalue weighted by Gasteiger charge is 2.11. The molecule has 4 nitrogen and oxygen atoms in total. The van der Waals surface area contributed by atoms with Crippen molar-refractivity contribution >= 4 is 22.3 Å². The van der Waals surface area contributed by atoms with Gasteiger partial charge in [0.15, 0.2) is 11.5 Å². The zero-order valence-corrected chi connectivity index (χ0v) is 9.90. The smallest absolute Gasteiger partial charge is 0.336 e. The molecular formula is C13H8O4S. The van der Waals surface area contributed by atoms with Crippen LogP contribution in [0.3, 0.4) is 0 Å². The molecule has 2 N–H and O–H groups in total. The van der Waals surface area contributed by atoms with Crippen LogP contribution >= 0.6 is 11.3 Å². The highest BCUT2D eigenvalue weighted by molar-refractivity contribution is 7.13. The number of phenolic OH excluding ortho intramolecular Hbond substituents is 2. The number of thiophene rings is 1. The second-order valence-electron chi connectivity index (χ2n) is 3.79. The van der Waals surface area contributed by atoms with Crippen molar-refractivity contribution in [2.75, 3.05) is 0 Å². The summed E-state index contributed by atoms with van der Waals surface area (Å²) in [5.74, 6) is -0.553. The van der Waals surface area contributed by atoms with Gasteiger partial charge in [-0.3, -0.25) is 0 Å². The molecule has 0 amide bonds. The Morgan fingerprint density at radius 3 is 2.61 bits per heavy atom. The van der Waals surface area contributed by atoms with Crippen molar-refractivity contribution < 1.29 is 14.6 Å². The Hall–Kier alpha value is -2.27. The summed E-state index contributed by atoms with van der Waals surface area (Å²) in [5.41, 5.74) is 0.448. The molecule has 3 rings (SSSR count). The molecule has 18 heavy (non-hydrogen) atoms. The van der Waals surface area contributed by atoms with E-state index in [1.807, 2.05) is 17.5 Å². The van der Waals surface area contributed by atoms with E-state index < -0.39 is 5.63 Å². The van der Waals surface area contributed by atoms with Crippen molar-refractivity contribution in [3.8, 4) is 21.9 Å². The first kappa shape index (κ1) is 10.9. The normalized spacial score (nSPS) is 10.9. The Labute approximate surface area is 105 Å². The topological polar surface area (TPSA) is 70.7 Å². The highest BCUT2D eigenvalue weighted by atomic mass is 32.1. The van der Waals surface area contributed by atoms with Gasteiger partial charge in [-0.1, -0.05) is 6.07 Å². The molecule has 0 radical (unpaired) electrons. The van der Waals surface area contributed by atoms with Crippen molar-refractivity contribution in [3.05, 3.63) is 46.1 Å². The van der Waals surface area contributed by atoms with Gasteiger partial charge in [-0.05, 0) is 17.5 Å². The second-order valence-corrected chi connectivity index (χ2v) is 4.74. The zero-order chi connectivity index (χ0) is 12.7. The van der Waals surface area contributed by atoms with Gasteiger partial charge >= 0.3 is 5.63 Å². The van der Waals surface area contributed by atoms with Crippen LogP contribution in [0.15, 0.2) is 44.9 Å². The molecule has 0 aliphatic rings. The summed E-state index contributed by atoms with van der Waals surface area (Å²) in [6.07, 6.45) is 0. The van der Waals surface area contributed by atoms with Crippen LogP contribution in [0.1, 0.15) is 0 Å². The predicted octanol–water partition coefficient (Wildman–Crippen LogP) is 2.93.